The van der Waals surface area contributed by atoms with Gasteiger partial charge in [0.25, 0.3) is 5.91 Å². The average molecular weight is 263 g/mol. The van der Waals surface area contributed by atoms with Gasteiger partial charge in [0, 0.05) is 13.2 Å². The molecule has 4 heteroatoms. The van der Waals surface area contributed by atoms with Crippen LogP contribution in [0.2, 0.25) is 0 Å². The minimum Gasteiger partial charge on any atom is -0.483 e. The summed E-state index contributed by atoms with van der Waals surface area (Å²) in [5.74, 6) is 0.702. The van der Waals surface area contributed by atoms with Gasteiger partial charge in [-0.3, -0.25) is 4.79 Å². The number of aryl methyl sites for hydroxylation is 2. The van der Waals surface area contributed by atoms with Gasteiger partial charge in [-0.15, -0.1) is 0 Å². The Morgan fingerprint density at radius 1 is 1.42 bits per heavy atom. The standard InChI is InChI=1S/C15H21NO3/c1-11-5-3-6-12(2)15(11)19-10-14(17)16-9-13-7-4-8-18-13/h3,5-6,13H,4,7-10H2,1-2H3,(H,16,17)/t13-/m0/s1. The Kier molecular flexibility index (Phi) is 4.80. The largest absolute Gasteiger partial charge is 0.483 e. The topological polar surface area (TPSA) is 47.6 Å². The van der Waals surface area contributed by atoms with E-state index in [0.29, 0.717) is 6.54 Å². The van der Waals surface area contributed by atoms with E-state index in [1.54, 1.807) is 0 Å². The maximum atomic E-state index is 11.7. The Morgan fingerprint density at radius 3 is 2.79 bits per heavy atom. The van der Waals surface area contributed by atoms with Crippen molar-refractivity contribution < 1.29 is 14.3 Å². The first-order chi connectivity index (χ1) is 9.16. The number of nitrogens with one attached hydrogen (secondary N) is 1. The van der Waals surface area contributed by atoms with Crippen molar-refractivity contribution in [3.8, 4) is 5.75 Å². The lowest BCUT2D eigenvalue weighted by atomic mass is 10.1. The molecule has 1 aromatic carbocycles. The highest BCUT2D eigenvalue weighted by atomic mass is 16.5. The van der Waals surface area contributed by atoms with E-state index in [2.05, 4.69) is 5.32 Å². The summed E-state index contributed by atoms with van der Waals surface area (Å²) in [6, 6.07) is 5.94. The van der Waals surface area contributed by atoms with Crippen molar-refractivity contribution in [2.45, 2.75) is 32.8 Å². The highest BCUT2D eigenvalue weighted by molar-refractivity contribution is 5.77. The summed E-state index contributed by atoms with van der Waals surface area (Å²) in [5, 5.41) is 2.84. The second kappa shape index (κ2) is 6.57. The number of hydrogen-bond acceptors (Lipinski definition) is 3. The molecule has 1 saturated heterocycles. The van der Waals surface area contributed by atoms with Crippen LogP contribution in [-0.4, -0.2) is 31.8 Å². The summed E-state index contributed by atoms with van der Waals surface area (Å²) in [7, 11) is 0. The number of benzene rings is 1. The monoisotopic (exact) mass is 263 g/mol. The Morgan fingerprint density at radius 2 is 2.16 bits per heavy atom. The summed E-state index contributed by atoms with van der Waals surface area (Å²) in [4.78, 5) is 11.7. The maximum absolute atomic E-state index is 11.7. The van der Waals surface area contributed by atoms with Crippen molar-refractivity contribution in [3.63, 3.8) is 0 Å². The number of amides is 1. The van der Waals surface area contributed by atoms with E-state index in [-0.39, 0.29) is 18.6 Å². The van der Waals surface area contributed by atoms with Crippen molar-refractivity contribution in [2.75, 3.05) is 19.8 Å². The number of carbonyl (C=O) groups excluding carboxylic acids is 1. The molecule has 1 heterocycles. The van der Waals surface area contributed by atoms with Gasteiger partial charge in [-0.25, -0.2) is 0 Å². The van der Waals surface area contributed by atoms with Crippen molar-refractivity contribution in [3.05, 3.63) is 29.3 Å². The maximum Gasteiger partial charge on any atom is 0.258 e. The van der Waals surface area contributed by atoms with E-state index < -0.39 is 0 Å². The summed E-state index contributed by atoms with van der Waals surface area (Å²) in [5.41, 5.74) is 2.10. The molecule has 2 rings (SSSR count). The number of carbonyl (C=O) groups is 1. The molecule has 104 valence electrons. The molecule has 0 bridgehead atoms. The molecule has 1 fully saturated rings. The molecule has 0 radical (unpaired) electrons. The molecule has 1 aliphatic heterocycles. The van der Waals surface area contributed by atoms with E-state index in [9.17, 15) is 4.79 Å². The van der Waals surface area contributed by atoms with Crippen LogP contribution < -0.4 is 10.1 Å². The molecule has 4 nitrogen and oxygen atoms in total. The number of para-hydroxylation sites is 1. The van der Waals surface area contributed by atoms with Crippen LogP contribution in [-0.2, 0) is 9.53 Å². The summed E-state index contributed by atoms with van der Waals surface area (Å²) in [6.45, 7) is 5.39. The Balaban J connectivity index is 1.76. The predicted octanol–water partition coefficient (Wildman–Crippen LogP) is 1.98. The van der Waals surface area contributed by atoms with E-state index >= 15 is 0 Å². The lowest BCUT2D eigenvalue weighted by molar-refractivity contribution is -0.123. The normalized spacial score (nSPS) is 18.3. The zero-order valence-corrected chi connectivity index (χ0v) is 11.6. The fourth-order valence-corrected chi connectivity index (χ4v) is 2.25. The SMILES string of the molecule is Cc1cccc(C)c1OCC(=O)NC[C@@H]1CCCO1. The zero-order chi connectivity index (χ0) is 13.7. The molecule has 0 unspecified atom stereocenters. The molecule has 1 amide bonds. The summed E-state index contributed by atoms with van der Waals surface area (Å²) >= 11 is 0. The molecule has 1 atom stereocenters. The van der Waals surface area contributed by atoms with E-state index in [4.69, 9.17) is 9.47 Å². The molecule has 1 N–H and O–H groups in total. The second-order valence-corrected chi connectivity index (χ2v) is 4.95. The molecule has 19 heavy (non-hydrogen) atoms. The third-order valence-corrected chi connectivity index (χ3v) is 3.31. The predicted molar refractivity (Wildman–Crippen MR) is 73.4 cm³/mol. The number of rotatable bonds is 5. The van der Waals surface area contributed by atoms with Crippen molar-refractivity contribution >= 4 is 5.91 Å². The van der Waals surface area contributed by atoms with Crippen LogP contribution in [0.1, 0.15) is 24.0 Å². The van der Waals surface area contributed by atoms with Crippen LogP contribution in [0.3, 0.4) is 0 Å². The van der Waals surface area contributed by atoms with Gasteiger partial charge in [0.15, 0.2) is 6.61 Å². The Bertz CT molecular complexity index is 419. The van der Waals surface area contributed by atoms with Gasteiger partial charge in [0.05, 0.1) is 6.10 Å². The van der Waals surface area contributed by atoms with Crippen LogP contribution in [0, 0.1) is 13.8 Å². The van der Waals surface area contributed by atoms with Crippen LogP contribution >= 0.6 is 0 Å². The lowest BCUT2D eigenvalue weighted by Crippen LogP contribution is -2.35. The van der Waals surface area contributed by atoms with Gasteiger partial charge in [0.2, 0.25) is 0 Å². The molecule has 0 saturated carbocycles. The zero-order valence-electron chi connectivity index (χ0n) is 11.6. The summed E-state index contributed by atoms with van der Waals surface area (Å²) in [6.07, 6.45) is 2.28. The van der Waals surface area contributed by atoms with Crippen molar-refractivity contribution in [2.24, 2.45) is 0 Å². The third-order valence-electron chi connectivity index (χ3n) is 3.31. The first kappa shape index (κ1) is 13.9. The number of hydrogen-bond donors (Lipinski definition) is 1. The van der Waals surface area contributed by atoms with Gasteiger partial charge >= 0.3 is 0 Å². The van der Waals surface area contributed by atoms with Crippen LogP contribution in [0.5, 0.6) is 5.75 Å². The lowest BCUT2D eigenvalue weighted by Gasteiger charge is -2.13. The quantitative estimate of drug-likeness (QED) is 0.883. The molecule has 0 aliphatic carbocycles. The molecule has 1 aliphatic rings. The Hall–Kier alpha value is -1.55. The molecular weight excluding hydrogens is 242 g/mol. The van der Waals surface area contributed by atoms with E-state index in [0.717, 1.165) is 36.3 Å². The molecule has 0 spiro atoms. The fraction of sp³-hybridized carbons (Fsp3) is 0.533. The number of ether oxygens (including phenoxy) is 2. The van der Waals surface area contributed by atoms with Crippen LogP contribution in [0.15, 0.2) is 18.2 Å². The molecular formula is C15H21NO3. The van der Waals surface area contributed by atoms with E-state index in [1.807, 2.05) is 32.0 Å². The summed E-state index contributed by atoms with van der Waals surface area (Å²) < 4.78 is 11.0. The van der Waals surface area contributed by atoms with Crippen LogP contribution in [0.4, 0.5) is 0 Å². The van der Waals surface area contributed by atoms with Gasteiger partial charge in [-0.2, -0.15) is 0 Å². The van der Waals surface area contributed by atoms with Gasteiger partial charge in [-0.1, -0.05) is 18.2 Å². The van der Waals surface area contributed by atoms with E-state index in [1.165, 1.54) is 0 Å². The minimum atomic E-state index is -0.0989. The first-order valence-electron chi connectivity index (χ1n) is 6.74. The Labute approximate surface area is 114 Å². The third kappa shape index (κ3) is 3.96. The van der Waals surface area contributed by atoms with Crippen molar-refractivity contribution in [1.82, 2.24) is 5.32 Å². The fourth-order valence-electron chi connectivity index (χ4n) is 2.25. The highest BCUT2D eigenvalue weighted by Crippen LogP contribution is 2.22. The van der Waals surface area contributed by atoms with Gasteiger partial charge < -0.3 is 14.8 Å². The minimum absolute atomic E-state index is 0.0540. The second-order valence-electron chi connectivity index (χ2n) is 4.95. The molecule has 1 aromatic rings. The van der Waals surface area contributed by atoms with Crippen molar-refractivity contribution in [1.29, 1.82) is 0 Å². The van der Waals surface area contributed by atoms with Crippen LogP contribution in [0.25, 0.3) is 0 Å². The molecule has 0 aromatic heterocycles. The van der Waals surface area contributed by atoms with Gasteiger partial charge in [0.1, 0.15) is 5.75 Å². The first-order valence-corrected chi connectivity index (χ1v) is 6.74. The average Bonchev–Trinajstić information content (AvgIpc) is 2.89. The highest BCUT2D eigenvalue weighted by Gasteiger charge is 2.16. The smallest absolute Gasteiger partial charge is 0.258 e. The van der Waals surface area contributed by atoms with Gasteiger partial charge in [-0.05, 0) is 37.8 Å².